The van der Waals surface area contributed by atoms with Gasteiger partial charge < -0.3 is 10.1 Å². The normalized spacial score (nSPS) is 10.3. The highest BCUT2D eigenvalue weighted by Gasteiger charge is 2.09. The van der Waals surface area contributed by atoms with Crippen LogP contribution < -0.4 is 15.6 Å². The van der Waals surface area contributed by atoms with E-state index in [1.807, 2.05) is 30.3 Å². The summed E-state index contributed by atoms with van der Waals surface area (Å²) in [7, 11) is 1.61. The Hall–Kier alpha value is -2.30. The van der Waals surface area contributed by atoms with Crippen LogP contribution in [0.3, 0.4) is 0 Å². The van der Waals surface area contributed by atoms with Gasteiger partial charge >= 0.3 is 0 Å². The lowest BCUT2D eigenvalue weighted by Gasteiger charge is -2.12. The molecule has 0 aliphatic heterocycles. The fourth-order valence-corrected chi connectivity index (χ4v) is 1.70. The third-order valence-electron chi connectivity index (χ3n) is 2.85. The minimum Gasteiger partial charge on any atom is -0.475 e. The molecule has 1 aromatic heterocycles. The molecule has 0 amide bonds. The van der Waals surface area contributed by atoms with Crippen LogP contribution in [0.1, 0.15) is 19.8 Å². The number of para-hydroxylation sites is 1. The van der Waals surface area contributed by atoms with Gasteiger partial charge in [0, 0.05) is 18.8 Å². The summed E-state index contributed by atoms with van der Waals surface area (Å²) in [6.07, 6.45) is 2.00. The Kier molecular flexibility index (Phi) is 4.76. The quantitative estimate of drug-likeness (QED) is 0.822. The molecular formula is C15H19N3O2. The van der Waals surface area contributed by atoms with Crippen molar-refractivity contribution in [2.24, 2.45) is 7.05 Å². The topological polar surface area (TPSA) is 56.2 Å². The zero-order chi connectivity index (χ0) is 14.4. The summed E-state index contributed by atoms with van der Waals surface area (Å²) in [5, 5.41) is 7.33. The first-order valence-electron chi connectivity index (χ1n) is 6.74. The lowest BCUT2D eigenvalue weighted by atomic mass is 10.3. The number of aromatic nitrogens is 2. The fourth-order valence-electron chi connectivity index (χ4n) is 1.70. The smallest absolute Gasteiger partial charge is 0.268 e. The number of nitrogens with one attached hydrogen (secondary N) is 1. The van der Waals surface area contributed by atoms with Gasteiger partial charge in [-0.2, -0.15) is 0 Å². The van der Waals surface area contributed by atoms with E-state index in [4.69, 9.17) is 4.74 Å². The average Bonchev–Trinajstić information content (AvgIpc) is 2.45. The van der Waals surface area contributed by atoms with Crippen molar-refractivity contribution in [3.05, 3.63) is 46.8 Å². The summed E-state index contributed by atoms with van der Waals surface area (Å²) in [5.74, 6) is 0.449. The van der Waals surface area contributed by atoms with E-state index in [9.17, 15) is 4.79 Å². The molecule has 20 heavy (non-hydrogen) atoms. The van der Waals surface area contributed by atoms with Crippen molar-refractivity contribution in [3.8, 4) is 5.88 Å². The van der Waals surface area contributed by atoms with Gasteiger partial charge in [-0.15, -0.1) is 5.10 Å². The number of ether oxygens (including phenoxy) is 1. The average molecular weight is 273 g/mol. The largest absolute Gasteiger partial charge is 0.475 e. The highest BCUT2D eigenvalue weighted by molar-refractivity contribution is 5.63. The molecule has 0 radical (unpaired) electrons. The minimum atomic E-state index is -0.175. The maximum Gasteiger partial charge on any atom is 0.268 e. The molecular weight excluding hydrogens is 254 g/mol. The number of hydrogen-bond acceptors (Lipinski definition) is 4. The number of benzene rings is 1. The molecule has 1 heterocycles. The summed E-state index contributed by atoms with van der Waals surface area (Å²) in [5.41, 5.74) is 1.31. The molecule has 0 saturated carbocycles. The zero-order valence-corrected chi connectivity index (χ0v) is 11.8. The Morgan fingerprint density at radius 2 is 2.05 bits per heavy atom. The molecule has 0 bridgehead atoms. The van der Waals surface area contributed by atoms with Crippen molar-refractivity contribution in [3.63, 3.8) is 0 Å². The second-order valence-electron chi connectivity index (χ2n) is 4.52. The van der Waals surface area contributed by atoms with Gasteiger partial charge in [0.15, 0.2) is 0 Å². The van der Waals surface area contributed by atoms with Crippen LogP contribution in [0.4, 0.5) is 11.4 Å². The van der Waals surface area contributed by atoms with Gasteiger partial charge in [-0.05, 0) is 18.6 Å². The van der Waals surface area contributed by atoms with Gasteiger partial charge in [-0.1, -0.05) is 31.5 Å². The standard InChI is InChI=1S/C15H19N3O2/c1-3-4-10-20-15-13(11-14(19)18(2)17-15)16-12-8-6-5-7-9-12/h5-9,11,16H,3-4,10H2,1-2H3. The van der Waals surface area contributed by atoms with Crippen molar-refractivity contribution in [1.29, 1.82) is 0 Å². The Balaban J connectivity index is 2.25. The molecule has 0 fully saturated rings. The van der Waals surface area contributed by atoms with Gasteiger partial charge in [0.1, 0.15) is 5.69 Å². The SMILES string of the molecule is CCCCOc1nn(C)c(=O)cc1Nc1ccccc1. The van der Waals surface area contributed by atoms with Gasteiger partial charge in [0.25, 0.3) is 11.4 Å². The van der Waals surface area contributed by atoms with Crippen molar-refractivity contribution in [1.82, 2.24) is 9.78 Å². The third-order valence-corrected chi connectivity index (χ3v) is 2.85. The Labute approximate surface area is 118 Å². The molecule has 1 aromatic carbocycles. The molecule has 0 aliphatic carbocycles. The van der Waals surface area contributed by atoms with Crippen LogP contribution in [0.15, 0.2) is 41.2 Å². The number of nitrogens with zero attached hydrogens (tertiary/aromatic N) is 2. The predicted molar refractivity (Wildman–Crippen MR) is 79.6 cm³/mol. The maximum atomic E-state index is 11.7. The summed E-state index contributed by atoms with van der Waals surface area (Å²) in [6, 6.07) is 11.1. The van der Waals surface area contributed by atoms with Gasteiger partial charge in [0.05, 0.1) is 6.61 Å². The van der Waals surface area contributed by atoms with E-state index in [-0.39, 0.29) is 5.56 Å². The molecule has 5 heteroatoms. The molecule has 1 N–H and O–H groups in total. The highest BCUT2D eigenvalue weighted by atomic mass is 16.5. The first-order chi connectivity index (χ1) is 9.70. The zero-order valence-electron chi connectivity index (χ0n) is 11.8. The van der Waals surface area contributed by atoms with Gasteiger partial charge in [0.2, 0.25) is 0 Å². The molecule has 0 aliphatic rings. The van der Waals surface area contributed by atoms with Crippen molar-refractivity contribution in [2.45, 2.75) is 19.8 Å². The van der Waals surface area contributed by atoms with Crippen LogP contribution >= 0.6 is 0 Å². The number of rotatable bonds is 6. The highest BCUT2D eigenvalue weighted by Crippen LogP contribution is 2.23. The Bertz CT molecular complexity index is 608. The van der Waals surface area contributed by atoms with E-state index in [0.29, 0.717) is 18.2 Å². The van der Waals surface area contributed by atoms with E-state index in [1.54, 1.807) is 7.05 Å². The van der Waals surface area contributed by atoms with Crippen molar-refractivity contribution in [2.75, 3.05) is 11.9 Å². The van der Waals surface area contributed by atoms with Crippen LogP contribution in [0.2, 0.25) is 0 Å². The fraction of sp³-hybridized carbons (Fsp3) is 0.333. The Morgan fingerprint density at radius 1 is 1.30 bits per heavy atom. The first-order valence-corrected chi connectivity index (χ1v) is 6.74. The maximum absolute atomic E-state index is 11.7. The number of unbranched alkanes of at least 4 members (excludes halogenated alkanes) is 1. The molecule has 0 saturated heterocycles. The minimum absolute atomic E-state index is 0.175. The molecule has 2 rings (SSSR count). The summed E-state index contributed by atoms with van der Waals surface area (Å²) in [4.78, 5) is 11.7. The van der Waals surface area contributed by atoms with Crippen LogP contribution in [-0.4, -0.2) is 16.4 Å². The molecule has 0 atom stereocenters. The lowest BCUT2D eigenvalue weighted by Crippen LogP contribution is -2.20. The first kappa shape index (κ1) is 14.1. The van der Waals surface area contributed by atoms with Gasteiger partial charge in [-0.25, -0.2) is 4.68 Å². The molecule has 2 aromatic rings. The second kappa shape index (κ2) is 6.75. The van der Waals surface area contributed by atoms with Crippen molar-refractivity contribution < 1.29 is 4.74 Å². The number of anilines is 2. The predicted octanol–water partition coefficient (Wildman–Crippen LogP) is 2.70. The molecule has 106 valence electrons. The Morgan fingerprint density at radius 3 is 2.75 bits per heavy atom. The molecule has 0 spiro atoms. The molecule has 5 nitrogen and oxygen atoms in total. The summed E-state index contributed by atoms with van der Waals surface area (Å²) < 4.78 is 6.93. The van der Waals surface area contributed by atoms with Crippen LogP contribution in [0.25, 0.3) is 0 Å². The van der Waals surface area contributed by atoms with E-state index in [1.165, 1.54) is 10.7 Å². The van der Waals surface area contributed by atoms with Crippen molar-refractivity contribution >= 4 is 11.4 Å². The summed E-state index contributed by atoms with van der Waals surface area (Å²) >= 11 is 0. The number of hydrogen-bond donors (Lipinski definition) is 1. The van der Waals surface area contributed by atoms with E-state index in [0.717, 1.165) is 18.5 Å². The second-order valence-corrected chi connectivity index (χ2v) is 4.52. The lowest BCUT2D eigenvalue weighted by molar-refractivity contribution is 0.291. The van der Waals surface area contributed by atoms with E-state index in [2.05, 4.69) is 17.3 Å². The van der Waals surface area contributed by atoms with Crippen LogP contribution in [-0.2, 0) is 7.05 Å². The van der Waals surface area contributed by atoms with Crippen LogP contribution in [0, 0.1) is 0 Å². The summed E-state index contributed by atoms with van der Waals surface area (Å²) in [6.45, 7) is 2.69. The third kappa shape index (κ3) is 3.60. The van der Waals surface area contributed by atoms with Crippen LogP contribution in [0.5, 0.6) is 5.88 Å². The monoisotopic (exact) mass is 273 g/mol. The van der Waals surface area contributed by atoms with E-state index < -0.39 is 0 Å². The van der Waals surface area contributed by atoms with E-state index >= 15 is 0 Å². The molecule has 0 unspecified atom stereocenters. The number of aryl methyl sites for hydroxylation is 1. The van der Waals surface area contributed by atoms with Gasteiger partial charge in [-0.3, -0.25) is 4.79 Å².